The predicted octanol–water partition coefficient (Wildman–Crippen LogP) is 1.88. The lowest BCUT2D eigenvalue weighted by molar-refractivity contribution is -0.386. The van der Waals surface area contributed by atoms with Gasteiger partial charge in [-0.3, -0.25) is 10.1 Å². The van der Waals surface area contributed by atoms with E-state index < -0.39 is 28.6 Å². The molecule has 0 saturated carbocycles. The Balaban J connectivity index is 2.99. The molecule has 0 aromatic heterocycles. The van der Waals surface area contributed by atoms with E-state index in [1.54, 1.807) is 6.92 Å². The summed E-state index contributed by atoms with van der Waals surface area (Å²) in [4.78, 5) is 9.89. The van der Waals surface area contributed by atoms with Crippen molar-refractivity contribution in [3.8, 4) is 5.75 Å². The van der Waals surface area contributed by atoms with E-state index in [9.17, 15) is 19.6 Å². The SMILES string of the molecule is CC(O)C(C)Oc1ccc(F)cc1[N+](=O)[O-]. The molecular formula is C10H12FNO4. The number of nitrogens with zero attached hydrogens (tertiary/aromatic N) is 1. The molecule has 88 valence electrons. The van der Waals surface area contributed by atoms with E-state index in [1.807, 2.05) is 0 Å². The summed E-state index contributed by atoms with van der Waals surface area (Å²) >= 11 is 0. The molecule has 0 heterocycles. The zero-order chi connectivity index (χ0) is 12.3. The van der Waals surface area contributed by atoms with Crippen molar-refractivity contribution < 1.29 is 19.2 Å². The molecule has 2 atom stereocenters. The van der Waals surface area contributed by atoms with Gasteiger partial charge in [-0.1, -0.05) is 0 Å². The number of hydrogen-bond acceptors (Lipinski definition) is 4. The van der Waals surface area contributed by atoms with Crippen molar-refractivity contribution in [2.75, 3.05) is 0 Å². The zero-order valence-corrected chi connectivity index (χ0v) is 8.88. The van der Waals surface area contributed by atoms with Crippen molar-refractivity contribution in [2.24, 2.45) is 0 Å². The van der Waals surface area contributed by atoms with Crippen molar-refractivity contribution >= 4 is 5.69 Å². The van der Waals surface area contributed by atoms with Crippen LogP contribution in [0.4, 0.5) is 10.1 Å². The Labute approximate surface area is 91.6 Å². The van der Waals surface area contributed by atoms with Crippen molar-refractivity contribution in [3.05, 3.63) is 34.1 Å². The molecule has 2 unspecified atom stereocenters. The Bertz CT molecular complexity index is 394. The molecule has 6 heteroatoms. The summed E-state index contributed by atoms with van der Waals surface area (Å²) < 4.78 is 18.0. The molecule has 0 fully saturated rings. The molecule has 1 rings (SSSR count). The first-order valence-electron chi connectivity index (χ1n) is 4.70. The standard InChI is InChI=1S/C10H12FNO4/c1-6(13)7(2)16-10-4-3-8(11)5-9(10)12(14)15/h3-7,13H,1-2H3. The molecule has 0 aliphatic rings. The molecule has 0 aliphatic heterocycles. The molecule has 0 radical (unpaired) electrons. The number of aliphatic hydroxyl groups is 1. The highest BCUT2D eigenvalue weighted by atomic mass is 19.1. The fourth-order valence-electron chi connectivity index (χ4n) is 1.03. The normalized spacial score (nSPS) is 14.2. The lowest BCUT2D eigenvalue weighted by atomic mass is 10.2. The van der Waals surface area contributed by atoms with Crippen LogP contribution in [0.1, 0.15) is 13.8 Å². The van der Waals surface area contributed by atoms with Gasteiger partial charge >= 0.3 is 5.69 Å². The summed E-state index contributed by atoms with van der Waals surface area (Å²) in [6, 6.07) is 3.02. The van der Waals surface area contributed by atoms with Crippen LogP contribution in [-0.4, -0.2) is 22.2 Å². The average Bonchev–Trinajstić information content (AvgIpc) is 2.20. The van der Waals surface area contributed by atoms with Gasteiger partial charge in [-0.15, -0.1) is 0 Å². The number of rotatable bonds is 4. The van der Waals surface area contributed by atoms with Crippen LogP contribution in [0.25, 0.3) is 0 Å². The predicted molar refractivity (Wildman–Crippen MR) is 54.8 cm³/mol. The smallest absolute Gasteiger partial charge is 0.313 e. The maximum absolute atomic E-state index is 12.8. The lowest BCUT2D eigenvalue weighted by Crippen LogP contribution is -2.25. The summed E-state index contributed by atoms with van der Waals surface area (Å²) in [5.74, 6) is -0.761. The van der Waals surface area contributed by atoms with E-state index in [0.29, 0.717) is 0 Å². The number of hydrogen-bond donors (Lipinski definition) is 1. The minimum absolute atomic E-state index is 0.0557. The van der Waals surface area contributed by atoms with Crippen molar-refractivity contribution in [1.82, 2.24) is 0 Å². The van der Waals surface area contributed by atoms with Gasteiger partial charge in [-0.05, 0) is 26.0 Å². The third kappa shape index (κ3) is 2.90. The lowest BCUT2D eigenvalue weighted by Gasteiger charge is -2.16. The van der Waals surface area contributed by atoms with E-state index in [1.165, 1.54) is 13.0 Å². The van der Waals surface area contributed by atoms with Gasteiger partial charge in [0, 0.05) is 0 Å². The zero-order valence-electron chi connectivity index (χ0n) is 8.88. The molecule has 0 saturated heterocycles. The minimum atomic E-state index is -0.773. The van der Waals surface area contributed by atoms with Crippen LogP contribution in [0.15, 0.2) is 18.2 Å². The van der Waals surface area contributed by atoms with Crippen LogP contribution in [0, 0.1) is 15.9 Å². The summed E-state index contributed by atoms with van der Waals surface area (Å²) in [6.07, 6.45) is -1.38. The Morgan fingerprint density at radius 3 is 2.62 bits per heavy atom. The quantitative estimate of drug-likeness (QED) is 0.632. The van der Waals surface area contributed by atoms with Crippen LogP contribution in [-0.2, 0) is 0 Å². The number of halogens is 1. The number of benzene rings is 1. The van der Waals surface area contributed by atoms with Gasteiger partial charge in [0.15, 0.2) is 5.75 Å². The molecule has 1 aromatic carbocycles. The van der Waals surface area contributed by atoms with E-state index in [-0.39, 0.29) is 5.75 Å². The molecule has 16 heavy (non-hydrogen) atoms. The summed E-state index contributed by atoms with van der Waals surface area (Å²) in [5, 5.41) is 19.8. The van der Waals surface area contributed by atoms with E-state index in [2.05, 4.69) is 0 Å². The first kappa shape index (κ1) is 12.4. The van der Waals surface area contributed by atoms with Crippen molar-refractivity contribution in [2.45, 2.75) is 26.1 Å². The second kappa shape index (κ2) is 4.89. The van der Waals surface area contributed by atoms with Gasteiger partial charge in [0.25, 0.3) is 0 Å². The van der Waals surface area contributed by atoms with Crippen LogP contribution >= 0.6 is 0 Å². The first-order chi connectivity index (χ1) is 7.41. The molecule has 0 aliphatic carbocycles. The molecule has 0 amide bonds. The monoisotopic (exact) mass is 229 g/mol. The van der Waals surface area contributed by atoms with E-state index in [0.717, 1.165) is 12.1 Å². The largest absolute Gasteiger partial charge is 0.481 e. The molecule has 0 spiro atoms. The van der Waals surface area contributed by atoms with E-state index >= 15 is 0 Å². The number of ether oxygens (including phenoxy) is 1. The second-order valence-corrected chi connectivity index (χ2v) is 3.43. The summed E-state index contributed by atoms with van der Waals surface area (Å²) in [6.45, 7) is 3.07. The van der Waals surface area contributed by atoms with E-state index in [4.69, 9.17) is 4.74 Å². The molecular weight excluding hydrogens is 217 g/mol. The maximum Gasteiger partial charge on any atom is 0.313 e. The van der Waals surface area contributed by atoms with Crippen LogP contribution in [0.2, 0.25) is 0 Å². The molecule has 1 N–H and O–H groups in total. The Kier molecular flexibility index (Phi) is 3.78. The maximum atomic E-state index is 12.8. The highest BCUT2D eigenvalue weighted by molar-refractivity contribution is 5.46. The third-order valence-corrected chi connectivity index (χ3v) is 2.11. The summed E-state index contributed by atoms with van der Waals surface area (Å²) in [5.41, 5.74) is -0.451. The topological polar surface area (TPSA) is 72.6 Å². The summed E-state index contributed by atoms with van der Waals surface area (Å²) in [7, 11) is 0. The van der Waals surface area contributed by atoms with Gasteiger partial charge in [-0.2, -0.15) is 0 Å². The van der Waals surface area contributed by atoms with Crippen molar-refractivity contribution in [1.29, 1.82) is 0 Å². The van der Waals surface area contributed by atoms with Crippen LogP contribution in [0.5, 0.6) is 5.75 Å². The van der Waals surface area contributed by atoms with Crippen LogP contribution in [0.3, 0.4) is 0 Å². The Hall–Kier alpha value is -1.69. The van der Waals surface area contributed by atoms with Crippen LogP contribution < -0.4 is 4.74 Å². The number of nitro groups is 1. The second-order valence-electron chi connectivity index (χ2n) is 3.43. The Morgan fingerprint density at radius 1 is 1.50 bits per heavy atom. The van der Waals surface area contributed by atoms with Crippen molar-refractivity contribution in [3.63, 3.8) is 0 Å². The Morgan fingerprint density at radius 2 is 2.12 bits per heavy atom. The molecule has 0 bridgehead atoms. The highest BCUT2D eigenvalue weighted by Crippen LogP contribution is 2.28. The van der Waals surface area contributed by atoms with Gasteiger partial charge in [0.05, 0.1) is 17.1 Å². The molecule has 5 nitrogen and oxygen atoms in total. The average molecular weight is 229 g/mol. The first-order valence-corrected chi connectivity index (χ1v) is 4.70. The van der Waals surface area contributed by atoms with Gasteiger partial charge < -0.3 is 9.84 Å². The number of aliphatic hydroxyl groups excluding tert-OH is 1. The fraction of sp³-hybridized carbons (Fsp3) is 0.400. The highest BCUT2D eigenvalue weighted by Gasteiger charge is 2.20. The van der Waals surface area contributed by atoms with Gasteiger partial charge in [0.2, 0.25) is 0 Å². The van der Waals surface area contributed by atoms with Gasteiger partial charge in [0.1, 0.15) is 11.9 Å². The number of nitro benzene ring substituents is 1. The minimum Gasteiger partial charge on any atom is -0.481 e. The third-order valence-electron chi connectivity index (χ3n) is 2.11. The van der Waals surface area contributed by atoms with Gasteiger partial charge in [-0.25, -0.2) is 4.39 Å². The fourth-order valence-corrected chi connectivity index (χ4v) is 1.03. The molecule has 1 aromatic rings.